The number of fused-ring (bicyclic) bond motifs is 3. The van der Waals surface area contributed by atoms with Gasteiger partial charge in [0.2, 0.25) is 0 Å². The molecule has 0 bridgehead atoms. The third-order valence-corrected chi connectivity index (χ3v) is 7.96. The average molecular weight is 546 g/mol. The van der Waals surface area contributed by atoms with Crippen LogP contribution >= 0.6 is 68.7 Å². The zero-order valence-electron chi connectivity index (χ0n) is 12.0. The minimum atomic E-state index is 1.30. The molecule has 0 aromatic heterocycles. The minimum absolute atomic E-state index is 1.30. The van der Waals surface area contributed by atoms with Crippen LogP contribution in [-0.4, -0.2) is 0 Å². The maximum absolute atomic E-state index is 2.41. The van der Waals surface area contributed by atoms with Crippen LogP contribution < -0.4 is 0 Å². The van der Waals surface area contributed by atoms with Gasteiger partial charge in [-0.25, -0.2) is 0 Å². The van der Waals surface area contributed by atoms with Crippen molar-refractivity contribution in [1.29, 1.82) is 0 Å². The van der Waals surface area contributed by atoms with Crippen LogP contribution in [0.4, 0.5) is 0 Å². The van der Waals surface area contributed by atoms with Gasteiger partial charge in [0.15, 0.2) is 0 Å². The molecule has 0 nitrogen and oxygen atoms in total. The molecule has 1 heterocycles. The lowest BCUT2D eigenvalue weighted by Crippen LogP contribution is -1.85. The Kier molecular flexibility index (Phi) is 4.16. The number of hydrogen-bond donors (Lipinski definition) is 0. The van der Waals surface area contributed by atoms with Gasteiger partial charge in [-0.15, -0.1) is 0 Å². The van der Waals surface area contributed by atoms with Gasteiger partial charge in [0.25, 0.3) is 0 Å². The second kappa shape index (κ2) is 5.86. The van der Waals surface area contributed by atoms with Gasteiger partial charge in [-0.2, -0.15) is 0 Å². The first-order chi connectivity index (χ1) is 10.5. The Hall–Kier alpha value is 0.0800. The maximum Gasteiger partial charge on any atom is 0.0577 e. The van der Waals surface area contributed by atoms with Crippen LogP contribution in [0.25, 0.3) is 16.7 Å². The van der Waals surface area contributed by atoms with E-state index >= 15 is 0 Å². The maximum atomic E-state index is 2.41. The van der Waals surface area contributed by atoms with Crippen LogP contribution in [0.2, 0.25) is 0 Å². The first kappa shape index (κ1) is 15.6. The van der Waals surface area contributed by atoms with Gasteiger partial charge >= 0.3 is 0 Å². The molecule has 0 atom stereocenters. The third-order valence-electron chi connectivity index (χ3n) is 3.98. The summed E-state index contributed by atoms with van der Waals surface area (Å²) in [6, 6.07) is 13.6. The molecule has 4 heteroatoms. The number of hydrogen-bond acceptors (Lipinski definition) is 2. The fraction of sp³-hybridized carbons (Fsp3) is 0.111. The van der Waals surface area contributed by atoms with Crippen molar-refractivity contribution in [3.63, 3.8) is 0 Å². The largest absolute Gasteiger partial charge is 0.0860 e. The normalized spacial score (nSPS) is 16.4. The van der Waals surface area contributed by atoms with E-state index in [2.05, 4.69) is 95.4 Å². The molecule has 2 aliphatic rings. The Labute approximate surface area is 166 Å². The molecule has 0 unspecified atom stereocenters. The highest BCUT2D eigenvalue weighted by Crippen LogP contribution is 2.57. The van der Waals surface area contributed by atoms with Crippen molar-refractivity contribution in [2.75, 3.05) is 0 Å². The standard InChI is InChI=1S/C18H12I2S2/c1-9-10(2)22-18(21-9)17-15-7-11(19)3-5-13(15)14-6-4-12(20)8-16(14)17/h3-8H,1-2H3. The summed E-state index contributed by atoms with van der Waals surface area (Å²) in [4.78, 5) is 2.86. The molecule has 0 saturated carbocycles. The Morgan fingerprint density at radius 3 is 1.59 bits per heavy atom. The van der Waals surface area contributed by atoms with Crippen LogP contribution in [0.5, 0.6) is 0 Å². The van der Waals surface area contributed by atoms with Crippen molar-refractivity contribution in [3.8, 4) is 11.1 Å². The van der Waals surface area contributed by atoms with Crippen molar-refractivity contribution >= 4 is 74.3 Å². The highest BCUT2D eigenvalue weighted by Gasteiger charge is 2.29. The quantitative estimate of drug-likeness (QED) is 0.271. The van der Waals surface area contributed by atoms with E-state index in [0.717, 1.165) is 0 Å². The van der Waals surface area contributed by atoms with Gasteiger partial charge in [-0.3, -0.25) is 0 Å². The van der Waals surface area contributed by atoms with E-state index in [1.54, 1.807) is 0 Å². The SMILES string of the molecule is CC1=C(C)SC(=C2c3cc(I)ccc3-c3ccc(I)cc32)S1. The molecule has 0 amide bonds. The molecule has 2 aromatic carbocycles. The zero-order chi connectivity index (χ0) is 15.4. The van der Waals surface area contributed by atoms with Crippen LogP contribution in [0, 0.1) is 7.14 Å². The molecule has 4 rings (SSSR count). The van der Waals surface area contributed by atoms with E-state index in [1.807, 2.05) is 23.5 Å². The summed E-state index contributed by atoms with van der Waals surface area (Å²) in [5.41, 5.74) is 6.95. The Morgan fingerprint density at radius 1 is 0.682 bits per heavy atom. The fourth-order valence-corrected chi connectivity index (χ4v) is 6.46. The number of rotatable bonds is 0. The van der Waals surface area contributed by atoms with E-state index in [0.29, 0.717) is 0 Å². The van der Waals surface area contributed by atoms with Crippen LogP contribution in [-0.2, 0) is 0 Å². The fourth-order valence-electron chi connectivity index (χ4n) is 2.83. The lowest BCUT2D eigenvalue weighted by molar-refractivity contribution is 1.57. The van der Waals surface area contributed by atoms with Crippen molar-refractivity contribution in [2.45, 2.75) is 13.8 Å². The molecule has 0 N–H and O–H groups in total. The van der Waals surface area contributed by atoms with E-state index < -0.39 is 0 Å². The number of halogens is 2. The summed E-state index contributed by atoms with van der Waals surface area (Å²) in [6.45, 7) is 4.45. The van der Waals surface area contributed by atoms with Gasteiger partial charge < -0.3 is 0 Å². The Bertz CT molecular complexity index is 809. The number of allylic oxidation sites excluding steroid dienone is 2. The average Bonchev–Trinajstić information content (AvgIpc) is 2.95. The summed E-state index contributed by atoms with van der Waals surface area (Å²) >= 11 is 8.68. The third kappa shape index (κ3) is 2.50. The van der Waals surface area contributed by atoms with Crippen molar-refractivity contribution < 1.29 is 0 Å². The molecule has 1 aliphatic carbocycles. The summed E-state index contributed by atoms with van der Waals surface area (Å²) in [6.07, 6.45) is 0. The van der Waals surface area contributed by atoms with Gasteiger partial charge in [-0.05, 0) is 115 Å². The first-order valence-electron chi connectivity index (χ1n) is 6.92. The van der Waals surface area contributed by atoms with Gasteiger partial charge in [0, 0.05) is 12.7 Å². The molecule has 0 fully saturated rings. The van der Waals surface area contributed by atoms with Crippen molar-refractivity contribution in [1.82, 2.24) is 0 Å². The predicted molar refractivity (Wildman–Crippen MR) is 117 cm³/mol. The molecular weight excluding hydrogens is 534 g/mol. The molecular formula is C18H12I2S2. The first-order valence-corrected chi connectivity index (χ1v) is 10.7. The second-order valence-electron chi connectivity index (χ2n) is 5.36. The van der Waals surface area contributed by atoms with Gasteiger partial charge in [-0.1, -0.05) is 35.7 Å². The number of thioether (sulfide) groups is 2. The highest BCUT2D eigenvalue weighted by atomic mass is 127. The Balaban J connectivity index is 2.02. The number of benzene rings is 2. The van der Waals surface area contributed by atoms with E-state index in [4.69, 9.17) is 0 Å². The summed E-state index contributed by atoms with van der Waals surface area (Å²) in [5.74, 6) is 0. The van der Waals surface area contributed by atoms with Crippen molar-refractivity contribution in [3.05, 3.63) is 68.7 Å². The van der Waals surface area contributed by atoms with Gasteiger partial charge in [0.1, 0.15) is 0 Å². The van der Waals surface area contributed by atoms with E-state index in [1.165, 1.54) is 49.0 Å². The molecule has 2 aromatic rings. The monoisotopic (exact) mass is 546 g/mol. The predicted octanol–water partition coefficient (Wildman–Crippen LogP) is 7.32. The molecule has 22 heavy (non-hydrogen) atoms. The van der Waals surface area contributed by atoms with E-state index in [9.17, 15) is 0 Å². The molecule has 0 radical (unpaired) electrons. The molecule has 0 spiro atoms. The summed E-state index contributed by atoms with van der Waals surface area (Å²) in [5, 5.41) is 0. The lowest BCUT2D eigenvalue weighted by atomic mass is 10.1. The van der Waals surface area contributed by atoms with Crippen molar-refractivity contribution in [2.24, 2.45) is 0 Å². The zero-order valence-corrected chi connectivity index (χ0v) is 18.0. The molecule has 1 aliphatic heterocycles. The van der Waals surface area contributed by atoms with Crippen LogP contribution in [0.15, 0.2) is 50.4 Å². The molecule has 0 saturated heterocycles. The highest BCUT2D eigenvalue weighted by molar-refractivity contribution is 14.1. The summed E-state index contributed by atoms with van der Waals surface area (Å²) in [7, 11) is 0. The summed E-state index contributed by atoms with van der Waals surface area (Å²) < 4.78 is 4.02. The van der Waals surface area contributed by atoms with Gasteiger partial charge in [0.05, 0.1) is 4.24 Å². The van der Waals surface area contributed by atoms with Crippen LogP contribution in [0.1, 0.15) is 25.0 Å². The van der Waals surface area contributed by atoms with Crippen LogP contribution in [0.3, 0.4) is 0 Å². The topological polar surface area (TPSA) is 0 Å². The lowest BCUT2D eigenvalue weighted by Gasteiger charge is -2.08. The second-order valence-corrected chi connectivity index (χ2v) is 10.6. The molecule has 110 valence electrons. The smallest absolute Gasteiger partial charge is 0.0577 e. The Morgan fingerprint density at radius 2 is 1.14 bits per heavy atom. The minimum Gasteiger partial charge on any atom is -0.0860 e. The van der Waals surface area contributed by atoms with E-state index in [-0.39, 0.29) is 0 Å².